The van der Waals surface area contributed by atoms with E-state index in [4.69, 9.17) is 0 Å². The van der Waals surface area contributed by atoms with Gasteiger partial charge in [-0.25, -0.2) is 4.39 Å². The predicted molar refractivity (Wildman–Crippen MR) is 28.9 cm³/mol. The Morgan fingerprint density at radius 2 is 1.00 bits per heavy atom. The summed E-state index contributed by atoms with van der Waals surface area (Å²) >= 11 is 0. The largest absolute Gasteiger partial charge is 0.379 e. The van der Waals surface area contributed by atoms with Crippen molar-refractivity contribution in [1.82, 2.24) is 0 Å². The monoisotopic (exact) mass is 208 g/mol. The standard InChI is InChI=1S/C6H3F7/c1-2-3(7)4(8,9)6(12,13)5(3,10)11/h2H,1H2. The zero-order valence-electron chi connectivity index (χ0n) is 5.93. The Morgan fingerprint density at radius 1 is 0.692 bits per heavy atom. The molecule has 0 heterocycles. The van der Waals surface area contributed by atoms with Gasteiger partial charge in [0.2, 0.25) is 0 Å². The second kappa shape index (κ2) is 2.01. The maximum Gasteiger partial charge on any atom is 0.379 e. The summed E-state index contributed by atoms with van der Waals surface area (Å²) in [5, 5.41) is 0. The maximum absolute atomic E-state index is 12.6. The third-order valence-electron chi connectivity index (χ3n) is 1.98. The summed E-state index contributed by atoms with van der Waals surface area (Å²) in [6, 6.07) is 0. The van der Waals surface area contributed by atoms with E-state index in [2.05, 4.69) is 6.58 Å². The predicted octanol–water partition coefficient (Wildman–Crippen LogP) is 2.80. The van der Waals surface area contributed by atoms with Crippen LogP contribution in [-0.4, -0.2) is 23.4 Å². The molecule has 1 aliphatic carbocycles. The van der Waals surface area contributed by atoms with Crippen LogP contribution in [0, 0.1) is 0 Å². The van der Waals surface area contributed by atoms with Crippen LogP contribution in [0.5, 0.6) is 0 Å². The molecule has 1 saturated carbocycles. The molecule has 0 atom stereocenters. The SMILES string of the molecule is C=CC1(F)C(F)(F)C(F)(F)C1(F)F. The highest BCUT2D eigenvalue weighted by Gasteiger charge is 2.98. The minimum absolute atomic E-state index is 0.496. The summed E-state index contributed by atoms with van der Waals surface area (Å²) < 4.78 is 85.3. The van der Waals surface area contributed by atoms with E-state index in [1.807, 2.05) is 0 Å². The van der Waals surface area contributed by atoms with Gasteiger partial charge < -0.3 is 0 Å². The molecule has 0 N–H and O–H groups in total. The number of hydrogen-bond acceptors (Lipinski definition) is 0. The fourth-order valence-electron chi connectivity index (χ4n) is 1.05. The zero-order chi connectivity index (χ0) is 10.7. The molecule has 1 aliphatic rings. The van der Waals surface area contributed by atoms with Crippen molar-refractivity contribution in [1.29, 1.82) is 0 Å². The summed E-state index contributed by atoms with van der Waals surface area (Å²) in [4.78, 5) is 0. The van der Waals surface area contributed by atoms with E-state index in [1.165, 1.54) is 0 Å². The fourth-order valence-corrected chi connectivity index (χ4v) is 1.05. The van der Waals surface area contributed by atoms with Gasteiger partial charge in [-0.05, 0) is 6.08 Å². The van der Waals surface area contributed by atoms with Gasteiger partial charge in [-0.1, -0.05) is 6.58 Å². The second-order valence-corrected chi connectivity index (χ2v) is 2.64. The third-order valence-corrected chi connectivity index (χ3v) is 1.98. The Hall–Kier alpha value is -0.750. The third kappa shape index (κ3) is 0.658. The second-order valence-electron chi connectivity index (χ2n) is 2.64. The summed E-state index contributed by atoms with van der Waals surface area (Å²) in [7, 11) is 0. The molecule has 1 rings (SSSR count). The molecular formula is C6H3F7. The van der Waals surface area contributed by atoms with Crippen molar-refractivity contribution in [2.24, 2.45) is 0 Å². The molecule has 0 aliphatic heterocycles. The normalized spacial score (nSPS) is 31.9. The van der Waals surface area contributed by atoms with E-state index in [0.717, 1.165) is 0 Å². The van der Waals surface area contributed by atoms with E-state index >= 15 is 0 Å². The van der Waals surface area contributed by atoms with Crippen molar-refractivity contribution in [2.75, 3.05) is 0 Å². The first-order valence-electron chi connectivity index (χ1n) is 3.02. The lowest BCUT2D eigenvalue weighted by Crippen LogP contribution is -2.83. The van der Waals surface area contributed by atoms with E-state index in [9.17, 15) is 30.7 Å². The molecule has 7 heteroatoms. The minimum Gasteiger partial charge on any atom is -0.225 e. The lowest BCUT2D eigenvalue weighted by molar-refractivity contribution is -0.459. The zero-order valence-corrected chi connectivity index (χ0v) is 5.93. The first kappa shape index (κ1) is 10.3. The van der Waals surface area contributed by atoms with Gasteiger partial charge >= 0.3 is 17.8 Å². The van der Waals surface area contributed by atoms with Crippen LogP contribution in [0.3, 0.4) is 0 Å². The lowest BCUT2D eigenvalue weighted by atomic mass is 9.69. The molecule has 0 nitrogen and oxygen atoms in total. The smallest absolute Gasteiger partial charge is 0.225 e. The number of halogens is 7. The van der Waals surface area contributed by atoms with Gasteiger partial charge in [-0.2, -0.15) is 26.3 Å². The molecule has 0 bridgehead atoms. The maximum atomic E-state index is 12.6. The van der Waals surface area contributed by atoms with Crippen LogP contribution in [0.4, 0.5) is 30.7 Å². The molecule has 0 spiro atoms. The summed E-state index contributed by atoms with van der Waals surface area (Å²) in [5.74, 6) is -16.5. The van der Waals surface area contributed by atoms with Gasteiger partial charge in [0.25, 0.3) is 5.67 Å². The van der Waals surface area contributed by atoms with Crippen molar-refractivity contribution in [3.8, 4) is 0 Å². The Labute approximate surface area is 68.0 Å². The number of hydrogen-bond donors (Lipinski definition) is 0. The van der Waals surface area contributed by atoms with Gasteiger partial charge in [-0.15, -0.1) is 0 Å². The van der Waals surface area contributed by atoms with Crippen molar-refractivity contribution in [3.63, 3.8) is 0 Å². The number of alkyl halides is 7. The van der Waals surface area contributed by atoms with Crippen LogP contribution < -0.4 is 0 Å². The average Bonchev–Trinajstić information content (AvgIpc) is 2.00. The average molecular weight is 208 g/mol. The summed E-state index contributed by atoms with van der Waals surface area (Å²) in [6.07, 6.45) is -0.496. The molecule has 0 radical (unpaired) electrons. The summed E-state index contributed by atoms with van der Waals surface area (Å²) in [6.45, 7) is 2.34. The molecular weight excluding hydrogens is 205 g/mol. The lowest BCUT2D eigenvalue weighted by Gasteiger charge is -2.52. The quantitative estimate of drug-likeness (QED) is 0.459. The van der Waals surface area contributed by atoms with Crippen molar-refractivity contribution >= 4 is 0 Å². The molecule has 1 fully saturated rings. The molecule has 0 amide bonds. The van der Waals surface area contributed by atoms with Crippen LogP contribution in [0.1, 0.15) is 0 Å². The number of allylic oxidation sites excluding steroid dienone is 1. The molecule has 0 aromatic heterocycles. The first-order valence-corrected chi connectivity index (χ1v) is 3.02. The topological polar surface area (TPSA) is 0 Å². The highest BCUT2D eigenvalue weighted by atomic mass is 19.4. The van der Waals surface area contributed by atoms with Crippen molar-refractivity contribution in [3.05, 3.63) is 12.7 Å². The minimum atomic E-state index is -5.66. The Bertz CT molecular complexity index is 236. The van der Waals surface area contributed by atoms with E-state index in [0.29, 0.717) is 0 Å². The Balaban J connectivity index is 3.26. The van der Waals surface area contributed by atoms with Crippen LogP contribution >= 0.6 is 0 Å². The van der Waals surface area contributed by atoms with Crippen LogP contribution in [0.15, 0.2) is 12.7 Å². The van der Waals surface area contributed by atoms with Gasteiger partial charge in [0.05, 0.1) is 0 Å². The van der Waals surface area contributed by atoms with E-state index in [1.54, 1.807) is 0 Å². The van der Waals surface area contributed by atoms with Crippen LogP contribution in [0.2, 0.25) is 0 Å². The summed E-state index contributed by atoms with van der Waals surface area (Å²) in [5.41, 5.74) is -4.66. The highest BCUT2D eigenvalue weighted by molar-refractivity contribution is 5.33. The van der Waals surface area contributed by atoms with Gasteiger partial charge in [-0.3, -0.25) is 0 Å². The van der Waals surface area contributed by atoms with Gasteiger partial charge in [0.15, 0.2) is 0 Å². The van der Waals surface area contributed by atoms with E-state index in [-0.39, 0.29) is 0 Å². The van der Waals surface area contributed by atoms with E-state index < -0.39 is 29.5 Å². The van der Waals surface area contributed by atoms with Crippen molar-refractivity contribution < 1.29 is 30.7 Å². The Kier molecular flexibility index (Phi) is 1.60. The molecule has 0 aromatic carbocycles. The highest BCUT2D eigenvalue weighted by Crippen LogP contribution is 2.68. The fraction of sp³-hybridized carbons (Fsp3) is 0.667. The number of rotatable bonds is 1. The Morgan fingerprint density at radius 3 is 1.15 bits per heavy atom. The first-order chi connectivity index (χ1) is 5.56. The van der Waals surface area contributed by atoms with Crippen molar-refractivity contribution in [2.45, 2.75) is 23.4 Å². The van der Waals surface area contributed by atoms with Crippen LogP contribution in [-0.2, 0) is 0 Å². The van der Waals surface area contributed by atoms with Gasteiger partial charge in [0.1, 0.15) is 0 Å². The molecule has 13 heavy (non-hydrogen) atoms. The molecule has 76 valence electrons. The molecule has 0 unspecified atom stereocenters. The van der Waals surface area contributed by atoms with Gasteiger partial charge in [0, 0.05) is 0 Å². The van der Waals surface area contributed by atoms with Crippen LogP contribution in [0.25, 0.3) is 0 Å². The molecule has 0 aromatic rings. The molecule has 0 saturated heterocycles.